The van der Waals surface area contributed by atoms with Gasteiger partial charge in [0.25, 0.3) is 0 Å². The second-order valence-corrected chi connectivity index (χ2v) is 5.75. The Morgan fingerprint density at radius 1 is 1.33 bits per heavy atom. The third kappa shape index (κ3) is 3.49. The number of hydrogen-bond donors (Lipinski definition) is 2. The molecule has 1 aliphatic rings. The molecule has 1 aliphatic carbocycles. The third-order valence-corrected chi connectivity index (χ3v) is 4.35. The predicted molar refractivity (Wildman–Crippen MR) is 75.6 cm³/mol. The Balaban J connectivity index is 1.86. The van der Waals surface area contributed by atoms with Crippen LogP contribution in [0.25, 0.3) is 0 Å². The van der Waals surface area contributed by atoms with E-state index < -0.39 is 0 Å². The monoisotopic (exact) mass is 247 g/mol. The molecule has 1 aromatic carbocycles. The van der Waals surface area contributed by atoms with Crippen molar-refractivity contribution in [1.82, 2.24) is 5.32 Å². The highest BCUT2D eigenvalue weighted by molar-refractivity contribution is 5.28. The Hall–Kier alpha value is -1.02. The Bertz CT molecular complexity index is 377. The van der Waals surface area contributed by atoms with Gasteiger partial charge in [-0.25, -0.2) is 0 Å². The van der Waals surface area contributed by atoms with Gasteiger partial charge >= 0.3 is 0 Å². The summed E-state index contributed by atoms with van der Waals surface area (Å²) >= 11 is 0. The van der Waals surface area contributed by atoms with Crippen LogP contribution in [0, 0.1) is 11.8 Å². The number of rotatable bonds is 4. The molecule has 2 rings (SSSR count). The largest absolute Gasteiger partial charge is 0.508 e. The van der Waals surface area contributed by atoms with Crippen LogP contribution < -0.4 is 5.32 Å². The van der Waals surface area contributed by atoms with Gasteiger partial charge in [0, 0.05) is 6.04 Å². The summed E-state index contributed by atoms with van der Waals surface area (Å²) < 4.78 is 0. The molecular formula is C16H25NO. The Kier molecular flexibility index (Phi) is 4.65. The minimum Gasteiger partial charge on any atom is -0.508 e. The van der Waals surface area contributed by atoms with Crippen molar-refractivity contribution in [3.05, 3.63) is 29.8 Å². The molecule has 1 fully saturated rings. The lowest BCUT2D eigenvalue weighted by Gasteiger charge is -2.30. The van der Waals surface area contributed by atoms with Gasteiger partial charge in [-0.15, -0.1) is 0 Å². The maximum atomic E-state index is 9.49. The molecule has 0 aliphatic heterocycles. The second kappa shape index (κ2) is 6.24. The van der Waals surface area contributed by atoms with Crippen molar-refractivity contribution >= 4 is 0 Å². The van der Waals surface area contributed by atoms with Crippen LogP contribution in [0.5, 0.6) is 5.75 Å². The normalized spacial score (nSPS) is 25.9. The van der Waals surface area contributed by atoms with Crippen LogP contribution in [0.15, 0.2) is 24.3 Å². The second-order valence-electron chi connectivity index (χ2n) is 5.75. The fraction of sp³-hybridized carbons (Fsp3) is 0.625. The number of nitrogens with one attached hydrogen (secondary N) is 1. The number of aromatic hydroxyl groups is 1. The quantitative estimate of drug-likeness (QED) is 0.846. The molecule has 2 nitrogen and oxygen atoms in total. The van der Waals surface area contributed by atoms with Gasteiger partial charge in [-0.05, 0) is 49.4 Å². The van der Waals surface area contributed by atoms with Crippen molar-refractivity contribution in [2.45, 2.75) is 45.6 Å². The molecule has 0 spiro atoms. The summed E-state index contributed by atoms with van der Waals surface area (Å²) in [6.45, 7) is 5.64. The molecule has 2 N–H and O–H groups in total. The molecule has 0 heterocycles. The highest BCUT2D eigenvalue weighted by Gasteiger charge is 2.21. The van der Waals surface area contributed by atoms with Gasteiger partial charge in [-0.2, -0.15) is 0 Å². The van der Waals surface area contributed by atoms with Gasteiger partial charge < -0.3 is 10.4 Å². The molecule has 0 aromatic heterocycles. The molecule has 0 amide bonds. The highest BCUT2D eigenvalue weighted by atomic mass is 16.3. The molecule has 2 heteroatoms. The van der Waals surface area contributed by atoms with Gasteiger partial charge in [0.05, 0.1) is 0 Å². The standard InChI is InChI=1S/C16H25NO/c1-12-6-3-4-7-15(12)11-17-13(2)14-8-5-9-16(18)10-14/h5,8-10,12-13,15,17-18H,3-4,6-7,11H2,1-2H3. The summed E-state index contributed by atoms with van der Waals surface area (Å²) in [5.74, 6) is 2.02. The Morgan fingerprint density at radius 3 is 2.83 bits per heavy atom. The fourth-order valence-corrected chi connectivity index (χ4v) is 2.94. The molecule has 18 heavy (non-hydrogen) atoms. The Morgan fingerprint density at radius 2 is 2.11 bits per heavy atom. The molecule has 1 aromatic rings. The van der Waals surface area contributed by atoms with Crippen molar-refractivity contribution in [2.75, 3.05) is 6.54 Å². The van der Waals surface area contributed by atoms with Crippen molar-refractivity contribution in [1.29, 1.82) is 0 Å². The minimum absolute atomic E-state index is 0.311. The summed E-state index contributed by atoms with van der Waals surface area (Å²) in [5.41, 5.74) is 1.17. The SMILES string of the molecule is CC(NCC1CCCCC1C)c1cccc(O)c1. The first-order valence-corrected chi connectivity index (χ1v) is 7.19. The first-order chi connectivity index (χ1) is 8.66. The van der Waals surface area contributed by atoms with Crippen molar-refractivity contribution in [3.8, 4) is 5.75 Å². The van der Waals surface area contributed by atoms with Crippen LogP contribution in [0.3, 0.4) is 0 Å². The summed E-state index contributed by atoms with van der Waals surface area (Å²) in [6.07, 6.45) is 5.53. The smallest absolute Gasteiger partial charge is 0.115 e. The minimum atomic E-state index is 0.311. The van der Waals surface area contributed by atoms with Crippen LogP contribution in [0.2, 0.25) is 0 Å². The van der Waals surface area contributed by atoms with Gasteiger partial charge in [-0.1, -0.05) is 38.3 Å². The summed E-state index contributed by atoms with van der Waals surface area (Å²) in [7, 11) is 0. The molecule has 1 saturated carbocycles. The number of hydrogen-bond acceptors (Lipinski definition) is 2. The van der Waals surface area contributed by atoms with Crippen molar-refractivity contribution < 1.29 is 5.11 Å². The van der Waals surface area contributed by atoms with Crippen molar-refractivity contribution in [3.63, 3.8) is 0 Å². The van der Waals surface area contributed by atoms with E-state index in [1.54, 1.807) is 6.07 Å². The summed E-state index contributed by atoms with van der Waals surface area (Å²) in [6, 6.07) is 7.86. The van der Waals surface area contributed by atoms with E-state index in [9.17, 15) is 5.11 Å². The molecule has 0 saturated heterocycles. The zero-order valence-electron chi connectivity index (χ0n) is 11.5. The fourth-order valence-electron chi connectivity index (χ4n) is 2.94. The predicted octanol–water partition coefficient (Wildman–Crippen LogP) is 3.87. The summed E-state index contributed by atoms with van der Waals surface area (Å²) in [4.78, 5) is 0. The Labute approximate surface area is 110 Å². The van der Waals surface area contributed by atoms with E-state index in [0.29, 0.717) is 11.8 Å². The summed E-state index contributed by atoms with van der Waals surface area (Å²) in [5, 5.41) is 13.1. The van der Waals surface area contributed by atoms with Crippen LogP contribution >= 0.6 is 0 Å². The van der Waals surface area contributed by atoms with E-state index in [4.69, 9.17) is 0 Å². The van der Waals surface area contributed by atoms with Gasteiger partial charge in [-0.3, -0.25) is 0 Å². The lowest BCUT2D eigenvalue weighted by atomic mass is 9.80. The lowest BCUT2D eigenvalue weighted by Crippen LogP contribution is -2.31. The molecule has 0 bridgehead atoms. The van der Waals surface area contributed by atoms with E-state index in [0.717, 1.165) is 18.4 Å². The first-order valence-electron chi connectivity index (χ1n) is 7.19. The van der Waals surface area contributed by atoms with E-state index in [-0.39, 0.29) is 0 Å². The molecule has 100 valence electrons. The van der Waals surface area contributed by atoms with Crippen LogP contribution in [-0.2, 0) is 0 Å². The molecule has 3 unspecified atom stereocenters. The van der Waals surface area contributed by atoms with Crippen LogP contribution in [0.4, 0.5) is 0 Å². The number of phenolic OH excluding ortho intramolecular Hbond substituents is 1. The third-order valence-electron chi connectivity index (χ3n) is 4.35. The number of phenols is 1. The van der Waals surface area contributed by atoms with Gasteiger partial charge in [0.15, 0.2) is 0 Å². The van der Waals surface area contributed by atoms with Crippen LogP contribution in [-0.4, -0.2) is 11.7 Å². The lowest BCUT2D eigenvalue weighted by molar-refractivity contribution is 0.242. The first kappa shape index (κ1) is 13.4. The zero-order chi connectivity index (χ0) is 13.0. The highest BCUT2D eigenvalue weighted by Crippen LogP contribution is 2.29. The number of benzene rings is 1. The van der Waals surface area contributed by atoms with Crippen molar-refractivity contribution in [2.24, 2.45) is 11.8 Å². The molecular weight excluding hydrogens is 222 g/mol. The molecule has 0 radical (unpaired) electrons. The maximum Gasteiger partial charge on any atom is 0.115 e. The van der Waals surface area contributed by atoms with E-state index in [2.05, 4.69) is 25.2 Å². The van der Waals surface area contributed by atoms with E-state index in [1.165, 1.54) is 31.2 Å². The average molecular weight is 247 g/mol. The molecule has 3 atom stereocenters. The zero-order valence-corrected chi connectivity index (χ0v) is 11.5. The van der Waals surface area contributed by atoms with Gasteiger partial charge in [0.1, 0.15) is 5.75 Å². The van der Waals surface area contributed by atoms with Gasteiger partial charge in [0.2, 0.25) is 0 Å². The maximum absolute atomic E-state index is 9.49. The topological polar surface area (TPSA) is 32.3 Å². The van der Waals surface area contributed by atoms with Crippen LogP contribution in [0.1, 0.15) is 51.1 Å². The van der Waals surface area contributed by atoms with E-state index >= 15 is 0 Å². The average Bonchev–Trinajstić information content (AvgIpc) is 2.37. The van der Waals surface area contributed by atoms with E-state index in [1.807, 2.05) is 12.1 Å².